The van der Waals surface area contributed by atoms with Gasteiger partial charge in [0.1, 0.15) is 5.82 Å². The Morgan fingerprint density at radius 2 is 1.80 bits per heavy atom. The fourth-order valence-electron chi connectivity index (χ4n) is 2.60. The summed E-state index contributed by atoms with van der Waals surface area (Å²) in [5.41, 5.74) is 4.67. The van der Waals surface area contributed by atoms with Crippen molar-refractivity contribution >= 4 is 0 Å². The molecule has 0 saturated carbocycles. The summed E-state index contributed by atoms with van der Waals surface area (Å²) in [6, 6.07) is 8.18. The zero-order chi connectivity index (χ0) is 14.5. The molecule has 1 N–H and O–H groups in total. The summed E-state index contributed by atoms with van der Waals surface area (Å²) < 4.78 is 13.3. The molecule has 0 aliphatic carbocycles. The van der Waals surface area contributed by atoms with Gasteiger partial charge in [0.2, 0.25) is 0 Å². The summed E-state index contributed by atoms with van der Waals surface area (Å²) in [5, 5.41) is 3.41. The van der Waals surface area contributed by atoms with Crippen LogP contribution in [0.1, 0.15) is 35.2 Å². The molecule has 1 atom stereocenters. The highest BCUT2D eigenvalue weighted by Crippen LogP contribution is 2.20. The molecule has 0 saturated heterocycles. The molecule has 3 heteroatoms. The lowest BCUT2D eigenvalue weighted by atomic mass is 9.97. The number of aryl methyl sites for hydroxylation is 2. The molecule has 2 rings (SSSR count). The smallest absolute Gasteiger partial charge is 0.141 e. The normalized spacial score (nSPS) is 12.4. The largest absolute Gasteiger partial charge is 0.310 e. The third-order valence-electron chi connectivity index (χ3n) is 3.30. The molecule has 106 valence electrons. The number of hydrogen-bond acceptors (Lipinski definition) is 2. The highest BCUT2D eigenvalue weighted by Gasteiger charge is 2.12. The molecule has 0 amide bonds. The number of likely N-dealkylation sites (N-methyl/N-ethyl adjacent to an activating group) is 1. The molecule has 1 unspecified atom stereocenters. The Morgan fingerprint density at radius 1 is 1.10 bits per heavy atom. The molecule has 0 bridgehead atoms. The number of rotatable bonds is 5. The van der Waals surface area contributed by atoms with Crippen molar-refractivity contribution in [2.75, 3.05) is 6.54 Å². The molecule has 2 nitrogen and oxygen atoms in total. The van der Waals surface area contributed by atoms with Gasteiger partial charge in [-0.05, 0) is 44.0 Å². The van der Waals surface area contributed by atoms with E-state index in [1.165, 1.54) is 22.9 Å². The van der Waals surface area contributed by atoms with Gasteiger partial charge >= 0.3 is 0 Å². The number of nitrogens with zero attached hydrogens (tertiary/aromatic N) is 1. The Kier molecular flexibility index (Phi) is 4.85. The topological polar surface area (TPSA) is 24.9 Å². The quantitative estimate of drug-likeness (QED) is 0.897. The van der Waals surface area contributed by atoms with Gasteiger partial charge in [0.25, 0.3) is 0 Å². The van der Waals surface area contributed by atoms with Gasteiger partial charge in [0.15, 0.2) is 0 Å². The van der Waals surface area contributed by atoms with Gasteiger partial charge in [-0.1, -0.05) is 36.2 Å². The third kappa shape index (κ3) is 3.87. The van der Waals surface area contributed by atoms with Crippen LogP contribution >= 0.6 is 0 Å². The lowest BCUT2D eigenvalue weighted by Gasteiger charge is -2.19. The van der Waals surface area contributed by atoms with Crippen molar-refractivity contribution in [2.24, 2.45) is 0 Å². The van der Waals surface area contributed by atoms with E-state index in [-0.39, 0.29) is 11.9 Å². The maximum absolute atomic E-state index is 13.3. The fraction of sp³-hybridized carbons (Fsp3) is 0.353. The molecular weight excluding hydrogens is 251 g/mol. The van der Waals surface area contributed by atoms with Crippen molar-refractivity contribution in [3.8, 4) is 0 Å². The molecule has 0 fully saturated rings. The number of benzene rings is 1. The molecule has 0 aliphatic rings. The molecule has 0 radical (unpaired) electrons. The molecule has 0 aliphatic heterocycles. The highest BCUT2D eigenvalue weighted by molar-refractivity contribution is 5.30. The van der Waals surface area contributed by atoms with E-state index in [2.05, 4.69) is 49.3 Å². The second-order valence-corrected chi connectivity index (χ2v) is 5.25. The first-order valence-corrected chi connectivity index (χ1v) is 6.99. The minimum absolute atomic E-state index is 0.0874. The summed E-state index contributed by atoms with van der Waals surface area (Å²) in [5.74, 6) is -0.286. The Hall–Kier alpha value is -1.74. The van der Waals surface area contributed by atoms with Gasteiger partial charge in [-0.3, -0.25) is 4.98 Å². The Morgan fingerprint density at radius 3 is 2.40 bits per heavy atom. The Labute approximate surface area is 120 Å². The van der Waals surface area contributed by atoms with Crippen molar-refractivity contribution in [1.82, 2.24) is 10.3 Å². The Balaban J connectivity index is 2.25. The predicted molar refractivity (Wildman–Crippen MR) is 80.2 cm³/mol. The summed E-state index contributed by atoms with van der Waals surface area (Å²) in [4.78, 5) is 3.95. The summed E-state index contributed by atoms with van der Waals surface area (Å²) in [7, 11) is 0. The molecular formula is C17H21FN2. The van der Waals surface area contributed by atoms with E-state index in [0.717, 1.165) is 18.5 Å². The number of pyridine rings is 1. The lowest BCUT2D eigenvalue weighted by Crippen LogP contribution is -2.23. The number of nitrogens with one attached hydrogen (secondary N) is 1. The van der Waals surface area contributed by atoms with Crippen LogP contribution in [-0.4, -0.2) is 11.5 Å². The maximum atomic E-state index is 13.3. The van der Waals surface area contributed by atoms with E-state index >= 15 is 0 Å². The van der Waals surface area contributed by atoms with Crippen molar-refractivity contribution < 1.29 is 4.39 Å². The standard InChI is InChI=1S/C17H21FN2/c1-4-20-17(15-9-16(18)11-19-10-15)8-14-6-12(2)5-13(3)7-14/h5-7,9-11,17,20H,4,8H2,1-3H3. The van der Waals surface area contributed by atoms with E-state index in [0.29, 0.717) is 0 Å². The van der Waals surface area contributed by atoms with Gasteiger partial charge in [-0.2, -0.15) is 0 Å². The van der Waals surface area contributed by atoms with Crippen LogP contribution < -0.4 is 5.32 Å². The van der Waals surface area contributed by atoms with E-state index in [1.807, 2.05) is 0 Å². The van der Waals surface area contributed by atoms with Crippen LogP contribution in [0.5, 0.6) is 0 Å². The van der Waals surface area contributed by atoms with Gasteiger partial charge in [-0.15, -0.1) is 0 Å². The minimum atomic E-state index is -0.286. The SMILES string of the molecule is CCNC(Cc1cc(C)cc(C)c1)c1cncc(F)c1. The first-order valence-electron chi connectivity index (χ1n) is 6.99. The maximum Gasteiger partial charge on any atom is 0.141 e. The molecule has 1 heterocycles. The average molecular weight is 272 g/mol. The second-order valence-electron chi connectivity index (χ2n) is 5.25. The molecule has 20 heavy (non-hydrogen) atoms. The monoisotopic (exact) mass is 272 g/mol. The minimum Gasteiger partial charge on any atom is -0.310 e. The second kappa shape index (κ2) is 6.62. The van der Waals surface area contributed by atoms with E-state index < -0.39 is 0 Å². The van der Waals surface area contributed by atoms with Crippen LogP contribution in [0.4, 0.5) is 4.39 Å². The summed E-state index contributed by atoms with van der Waals surface area (Å²) in [6.45, 7) is 7.10. The van der Waals surface area contributed by atoms with Crippen molar-refractivity contribution in [3.63, 3.8) is 0 Å². The van der Waals surface area contributed by atoms with Crippen molar-refractivity contribution in [1.29, 1.82) is 0 Å². The van der Waals surface area contributed by atoms with Crippen molar-refractivity contribution in [3.05, 3.63) is 64.7 Å². The zero-order valence-electron chi connectivity index (χ0n) is 12.3. The van der Waals surface area contributed by atoms with Crippen LogP contribution in [0, 0.1) is 19.7 Å². The fourth-order valence-corrected chi connectivity index (χ4v) is 2.60. The van der Waals surface area contributed by atoms with E-state index in [4.69, 9.17) is 0 Å². The highest BCUT2D eigenvalue weighted by atomic mass is 19.1. The summed E-state index contributed by atoms with van der Waals surface area (Å²) in [6.07, 6.45) is 3.81. The van der Waals surface area contributed by atoms with Crippen LogP contribution in [0.2, 0.25) is 0 Å². The van der Waals surface area contributed by atoms with E-state index in [1.54, 1.807) is 12.3 Å². The molecule has 1 aromatic heterocycles. The first-order chi connectivity index (χ1) is 9.58. The first kappa shape index (κ1) is 14.7. The van der Waals surface area contributed by atoms with Gasteiger partial charge in [-0.25, -0.2) is 4.39 Å². The van der Waals surface area contributed by atoms with Crippen molar-refractivity contribution in [2.45, 2.75) is 33.2 Å². The van der Waals surface area contributed by atoms with E-state index in [9.17, 15) is 4.39 Å². The molecule has 2 aromatic rings. The van der Waals surface area contributed by atoms with Crippen LogP contribution in [0.3, 0.4) is 0 Å². The zero-order valence-corrected chi connectivity index (χ0v) is 12.3. The average Bonchev–Trinajstić information content (AvgIpc) is 2.37. The molecule has 1 aromatic carbocycles. The van der Waals surface area contributed by atoms with Gasteiger partial charge in [0.05, 0.1) is 6.20 Å². The van der Waals surface area contributed by atoms with Crippen LogP contribution in [0.25, 0.3) is 0 Å². The van der Waals surface area contributed by atoms with Crippen LogP contribution in [0.15, 0.2) is 36.7 Å². The number of aromatic nitrogens is 1. The van der Waals surface area contributed by atoms with Gasteiger partial charge < -0.3 is 5.32 Å². The summed E-state index contributed by atoms with van der Waals surface area (Å²) >= 11 is 0. The lowest BCUT2D eigenvalue weighted by molar-refractivity contribution is 0.539. The predicted octanol–water partition coefficient (Wildman–Crippen LogP) is 3.73. The number of hydrogen-bond donors (Lipinski definition) is 1. The number of halogens is 1. The van der Waals surface area contributed by atoms with Crippen LogP contribution in [-0.2, 0) is 6.42 Å². The third-order valence-corrected chi connectivity index (χ3v) is 3.30. The van der Waals surface area contributed by atoms with Gasteiger partial charge in [0, 0.05) is 12.2 Å². The molecule has 0 spiro atoms. The Bertz CT molecular complexity index is 561.